The van der Waals surface area contributed by atoms with E-state index in [2.05, 4.69) is 21.1 Å². The van der Waals surface area contributed by atoms with E-state index in [0.29, 0.717) is 17.4 Å². The first-order valence-electron chi connectivity index (χ1n) is 5.20. The summed E-state index contributed by atoms with van der Waals surface area (Å²) in [7, 11) is 0. The number of hydrogen-bond acceptors (Lipinski definition) is 3. The zero-order chi connectivity index (χ0) is 12.1. The Morgan fingerprint density at radius 2 is 2.24 bits per heavy atom. The molecule has 1 aromatic heterocycles. The zero-order valence-electron chi connectivity index (χ0n) is 9.03. The topological polar surface area (TPSA) is 35.3 Å². The molecule has 0 saturated carbocycles. The summed E-state index contributed by atoms with van der Waals surface area (Å²) >= 11 is 9.33. The van der Waals surface area contributed by atoms with Crippen LogP contribution in [-0.4, -0.2) is 17.1 Å². The highest BCUT2D eigenvalue weighted by molar-refractivity contribution is 9.09. The molecular weight excluding hydrogens is 305 g/mol. The monoisotopic (exact) mass is 315 g/mol. The lowest BCUT2D eigenvalue weighted by atomic mass is 10.1. The van der Waals surface area contributed by atoms with E-state index >= 15 is 0 Å². The average molecular weight is 317 g/mol. The van der Waals surface area contributed by atoms with Gasteiger partial charge in [0.05, 0.1) is 18.4 Å². The van der Waals surface area contributed by atoms with E-state index in [0.717, 1.165) is 23.1 Å². The Balaban J connectivity index is 2.25. The molecule has 0 atom stereocenters. The van der Waals surface area contributed by atoms with Gasteiger partial charge in [-0.3, -0.25) is 0 Å². The molecule has 0 aliphatic heterocycles. The molecule has 1 heterocycles. The highest BCUT2D eigenvalue weighted by Gasteiger charge is 2.10. The molecule has 3 nitrogen and oxygen atoms in total. The Labute approximate surface area is 113 Å². The van der Waals surface area contributed by atoms with Gasteiger partial charge in [-0.2, -0.15) is 0 Å². The lowest BCUT2D eigenvalue weighted by Crippen LogP contribution is -1.99. The van der Waals surface area contributed by atoms with Crippen LogP contribution in [0.5, 0.6) is 5.75 Å². The smallest absolute Gasteiger partial charge is 0.170 e. The molecule has 17 heavy (non-hydrogen) atoms. The quantitative estimate of drug-likeness (QED) is 0.614. The molecule has 0 fully saturated rings. The van der Waals surface area contributed by atoms with Gasteiger partial charge in [-0.15, -0.1) is 0 Å². The third kappa shape index (κ3) is 3.23. The Morgan fingerprint density at radius 1 is 1.35 bits per heavy atom. The maximum absolute atomic E-state index is 5.97. The first kappa shape index (κ1) is 12.5. The third-order valence-corrected chi connectivity index (χ3v) is 2.98. The van der Waals surface area contributed by atoms with Crippen molar-refractivity contribution in [3.63, 3.8) is 0 Å². The van der Waals surface area contributed by atoms with Crippen LogP contribution in [0.2, 0.25) is 5.02 Å². The van der Waals surface area contributed by atoms with E-state index in [-0.39, 0.29) is 0 Å². The van der Waals surface area contributed by atoms with Crippen LogP contribution in [0.15, 0.2) is 35.0 Å². The molecule has 0 amide bonds. The molecule has 0 saturated heterocycles. The van der Waals surface area contributed by atoms with Crippen LogP contribution in [0.1, 0.15) is 6.42 Å². The molecule has 0 radical (unpaired) electrons. The summed E-state index contributed by atoms with van der Waals surface area (Å²) in [4.78, 5) is 0. The lowest BCUT2D eigenvalue weighted by molar-refractivity contribution is 0.319. The normalized spacial score (nSPS) is 10.5. The summed E-state index contributed by atoms with van der Waals surface area (Å²) in [6.45, 7) is 0.647. The fraction of sp³-hybridized carbons (Fsp3) is 0.250. The van der Waals surface area contributed by atoms with E-state index in [1.807, 2.05) is 12.1 Å². The van der Waals surface area contributed by atoms with Gasteiger partial charge in [0.1, 0.15) is 5.75 Å². The summed E-state index contributed by atoms with van der Waals surface area (Å²) in [5.74, 6) is 1.41. The Bertz CT molecular complexity index is 473. The van der Waals surface area contributed by atoms with Gasteiger partial charge >= 0.3 is 0 Å². The molecule has 0 aliphatic carbocycles. The van der Waals surface area contributed by atoms with E-state index < -0.39 is 0 Å². The van der Waals surface area contributed by atoms with Crippen molar-refractivity contribution < 1.29 is 9.26 Å². The number of nitrogens with zero attached hydrogens (tertiary/aromatic N) is 1. The number of benzene rings is 1. The van der Waals surface area contributed by atoms with Crippen molar-refractivity contribution in [3.8, 4) is 17.1 Å². The van der Waals surface area contributed by atoms with E-state index in [1.54, 1.807) is 18.3 Å². The highest BCUT2D eigenvalue weighted by Crippen LogP contribution is 2.32. The van der Waals surface area contributed by atoms with Crippen molar-refractivity contribution in [3.05, 3.63) is 35.5 Å². The fourth-order valence-corrected chi connectivity index (χ4v) is 1.81. The van der Waals surface area contributed by atoms with Crippen molar-refractivity contribution in [2.24, 2.45) is 0 Å². The van der Waals surface area contributed by atoms with Crippen LogP contribution >= 0.6 is 27.5 Å². The molecule has 5 heteroatoms. The minimum absolute atomic E-state index is 0.643. The van der Waals surface area contributed by atoms with Crippen molar-refractivity contribution in [1.82, 2.24) is 5.16 Å². The van der Waals surface area contributed by atoms with Crippen LogP contribution in [-0.2, 0) is 0 Å². The van der Waals surface area contributed by atoms with Crippen molar-refractivity contribution in [1.29, 1.82) is 0 Å². The predicted octanol–water partition coefficient (Wildman–Crippen LogP) is 4.16. The molecule has 0 bridgehead atoms. The van der Waals surface area contributed by atoms with E-state index in [1.165, 1.54) is 0 Å². The number of alkyl halides is 1. The standard InChI is InChI=1S/C12H11BrClNO2/c13-5-1-7-16-11-3-2-9(14)8-10(11)12-4-6-15-17-12/h2-4,6,8H,1,5,7H2. The molecule has 1 aromatic carbocycles. The fourth-order valence-electron chi connectivity index (χ4n) is 1.41. The van der Waals surface area contributed by atoms with Gasteiger partial charge in [-0.1, -0.05) is 32.7 Å². The summed E-state index contributed by atoms with van der Waals surface area (Å²) in [5, 5.41) is 5.24. The first-order chi connectivity index (χ1) is 8.31. The van der Waals surface area contributed by atoms with Crippen molar-refractivity contribution in [2.75, 3.05) is 11.9 Å². The predicted molar refractivity (Wildman–Crippen MR) is 70.9 cm³/mol. The van der Waals surface area contributed by atoms with Gasteiger partial charge in [0, 0.05) is 16.4 Å². The minimum Gasteiger partial charge on any atom is -0.493 e. The number of rotatable bonds is 5. The number of hydrogen-bond donors (Lipinski definition) is 0. The summed E-state index contributed by atoms with van der Waals surface area (Å²) in [6, 6.07) is 7.23. The van der Waals surface area contributed by atoms with Crippen LogP contribution in [0.3, 0.4) is 0 Å². The molecule has 2 rings (SSSR count). The largest absolute Gasteiger partial charge is 0.493 e. The van der Waals surface area contributed by atoms with Gasteiger partial charge in [0.25, 0.3) is 0 Å². The average Bonchev–Trinajstić information content (AvgIpc) is 2.85. The number of halogens is 2. The van der Waals surface area contributed by atoms with Gasteiger partial charge in [0.2, 0.25) is 0 Å². The lowest BCUT2D eigenvalue weighted by Gasteiger charge is -2.09. The maximum Gasteiger partial charge on any atom is 0.170 e. The van der Waals surface area contributed by atoms with Crippen LogP contribution < -0.4 is 4.74 Å². The van der Waals surface area contributed by atoms with Gasteiger partial charge in [-0.05, 0) is 24.6 Å². The molecule has 0 spiro atoms. The summed E-state index contributed by atoms with van der Waals surface area (Å²) < 4.78 is 10.8. The second kappa shape index (κ2) is 6.07. The Hall–Kier alpha value is -1.00. The zero-order valence-corrected chi connectivity index (χ0v) is 11.4. The van der Waals surface area contributed by atoms with Crippen molar-refractivity contribution in [2.45, 2.75) is 6.42 Å². The molecule has 2 aromatic rings. The Morgan fingerprint density at radius 3 is 2.94 bits per heavy atom. The maximum atomic E-state index is 5.97. The molecule has 0 unspecified atom stereocenters. The SMILES string of the molecule is Clc1ccc(OCCCBr)c(-c2ccno2)c1. The van der Waals surface area contributed by atoms with Crippen molar-refractivity contribution >= 4 is 27.5 Å². The second-order valence-electron chi connectivity index (χ2n) is 3.41. The number of ether oxygens (including phenoxy) is 1. The second-order valence-corrected chi connectivity index (χ2v) is 4.64. The third-order valence-electron chi connectivity index (χ3n) is 2.18. The summed E-state index contributed by atoms with van der Waals surface area (Å²) in [6.07, 6.45) is 2.54. The molecule has 0 aliphatic rings. The molecule has 0 N–H and O–H groups in total. The number of aromatic nitrogens is 1. The van der Waals surface area contributed by atoms with Gasteiger partial charge in [-0.25, -0.2) is 0 Å². The first-order valence-corrected chi connectivity index (χ1v) is 6.70. The van der Waals surface area contributed by atoms with E-state index in [4.69, 9.17) is 20.9 Å². The van der Waals surface area contributed by atoms with Gasteiger partial charge in [0.15, 0.2) is 5.76 Å². The highest BCUT2D eigenvalue weighted by atomic mass is 79.9. The van der Waals surface area contributed by atoms with Gasteiger partial charge < -0.3 is 9.26 Å². The minimum atomic E-state index is 0.643. The Kier molecular flexibility index (Phi) is 4.45. The molecular formula is C12H11BrClNO2. The van der Waals surface area contributed by atoms with Crippen LogP contribution in [0, 0.1) is 0 Å². The molecule has 90 valence electrons. The van der Waals surface area contributed by atoms with Crippen LogP contribution in [0.25, 0.3) is 11.3 Å². The van der Waals surface area contributed by atoms with E-state index in [9.17, 15) is 0 Å². The summed E-state index contributed by atoms with van der Waals surface area (Å²) in [5.41, 5.74) is 0.824. The van der Waals surface area contributed by atoms with Crippen LogP contribution in [0.4, 0.5) is 0 Å².